The van der Waals surface area contributed by atoms with Gasteiger partial charge in [-0.05, 0) is 35.9 Å². The van der Waals surface area contributed by atoms with E-state index in [2.05, 4.69) is 0 Å². The van der Waals surface area contributed by atoms with E-state index in [1.165, 1.54) is 30.3 Å². The molecule has 0 saturated heterocycles. The van der Waals surface area contributed by atoms with Crippen LogP contribution in [0.25, 0.3) is 11.8 Å². The van der Waals surface area contributed by atoms with Gasteiger partial charge in [-0.25, -0.2) is 0 Å². The van der Waals surface area contributed by atoms with E-state index in [4.69, 9.17) is 5.11 Å². The minimum Gasteiger partial charge on any atom is -0.508 e. The number of para-hydroxylation sites is 1. The lowest BCUT2D eigenvalue weighted by atomic mass is 10.1. The number of hydrogen-bond donors (Lipinski definition) is 3. The fraction of sp³-hybridized carbons (Fsp3) is 0. The molecule has 0 bridgehead atoms. The van der Waals surface area contributed by atoms with Gasteiger partial charge < -0.3 is 15.3 Å². The van der Waals surface area contributed by atoms with Gasteiger partial charge in [0.2, 0.25) is 0 Å². The van der Waals surface area contributed by atoms with Gasteiger partial charge in [0, 0.05) is 6.08 Å². The number of benzene rings is 2. The molecular formula is C17H14O4. The average molecular weight is 282 g/mol. The largest absolute Gasteiger partial charge is 0.508 e. The molecule has 0 spiro atoms. The minimum atomic E-state index is -0.413. The van der Waals surface area contributed by atoms with Crippen molar-refractivity contribution < 1.29 is 20.1 Å². The van der Waals surface area contributed by atoms with Crippen molar-refractivity contribution in [3.05, 3.63) is 71.8 Å². The van der Waals surface area contributed by atoms with Gasteiger partial charge in [-0.2, -0.15) is 0 Å². The number of carbonyl (C=O) groups excluding carboxylic acids is 1. The molecule has 0 aromatic heterocycles. The molecule has 0 aliphatic heterocycles. The number of aromatic hydroxyl groups is 2. The van der Waals surface area contributed by atoms with Crippen LogP contribution in [0.15, 0.2) is 60.7 Å². The van der Waals surface area contributed by atoms with Gasteiger partial charge in [0.1, 0.15) is 17.3 Å². The molecule has 0 saturated carbocycles. The van der Waals surface area contributed by atoms with Gasteiger partial charge in [0.15, 0.2) is 5.78 Å². The van der Waals surface area contributed by atoms with E-state index in [9.17, 15) is 15.0 Å². The minimum absolute atomic E-state index is 0.0958. The van der Waals surface area contributed by atoms with Gasteiger partial charge in [0.25, 0.3) is 0 Å². The molecule has 0 heterocycles. The third-order valence-corrected chi connectivity index (χ3v) is 2.79. The summed E-state index contributed by atoms with van der Waals surface area (Å²) in [5, 5.41) is 28.5. The van der Waals surface area contributed by atoms with Crippen LogP contribution in [-0.4, -0.2) is 21.1 Å². The summed E-state index contributed by atoms with van der Waals surface area (Å²) in [7, 11) is 0. The fourth-order valence-electron chi connectivity index (χ4n) is 1.71. The SMILES string of the molecule is O=C(/C=C(\O)c1ccccc1O)/C=C/c1ccc(O)cc1. The highest BCUT2D eigenvalue weighted by Crippen LogP contribution is 2.22. The molecule has 2 rings (SSSR count). The first-order valence-corrected chi connectivity index (χ1v) is 6.26. The molecule has 106 valence electrons. The van der Waals surface area contributed by atoms with E-state index in [0.717, 1.165) is 11.6 Å². The van der Waals surface area contributed by atoms with Crippen LogP contribution in [0.5, 0.6) is 11.5 Å². The van der Waals surface area contributed by atoms with Gasteiger partial charge in [-0.15, -0.1) is 0 Å². The second kappa shape index (κ2) is 6.43. The van der Waals surface area contributed by atoms with Crippen molar-refractivity contribution in [2.45, 2.75) is 0 Å². The van der Waals surface area contributed by atoms with E-state index in [0.29, 0.717) is 0 Å². The molecule has 0 amide bonds. The standard InChI is InChI=1S/C17H14O4/c18-13-8-5-12(6-9-13)7-10-14(19)11-17(21)15-3-1-2-4-16(15)20/h1-11,18,20-21H/b10-7+,17-11-. The number of hydrogen-bond acceptors (Lipinski definition) is 4. The van der Waals surface area contributed by atoms with E-state index in [1.54, 1.807) is 30.3 Å². The molecule has 0 fully saturated rings. The zero-order valence-electron chi connectivity index (χ0n) is 11.1. The quantitative estimate of drug-likeness (QED) is 0.594. The van der Waals surface area contributed by atoms with Crippen molar-refractivity contribution in [2.24, 2.45) is 0 Å². The number of rotatable bonds is 4. The predicted molar refractivity (Wildman–Crippen MR) is 80.9 cm³/mol. The number of aliphatic hydroxyl groups is 1. The lowest BCUT2D eigenvalue weighted by Gasteiger charge is -2.01. The molecule has 3 N–H and O–H groups in total. The summed E-state index contributed by atoms with van der Waals surface area (Å²) in [6.07, 6.45) is 3.89. The Kier molecular flexibility index (Phi) is 4.41. The topological polar surface area (TPSA) is 77.8 Å². The van der Waals surface area contributed by atoms with Crippen molar-refractivity contribution in [1.29, 1.82) is 0 Å². The van der Waals surface area contributed by atoms with E-state index >= 15 is 0 Å². The van der Waals surface area contributed by atoms with Crippen molar-refractivity contribution >= 4 is 17.6 Å². The van der Waals surface area contributed by atoms with Crippen molar-refractivity contribution in [3.63, 3.8) is 0 Å². The van der Waals surface area contributed by atoms with Crippen LogP contribution in [0.3, 0.4) is 0 Å². The average Bonchev–Trinajstić information content (AvgIpc) is 2.47. The Morgan fingerprint density at radius 2 is 1.62 bits per heavy atom. The van der Waals surface area contributed by atoms with Crippen molar-refractivity contribution in [1.82, 2.24) is 0 Å². The van der Waals surface area contributed by atoms with Gasteiger partial charge in [-0.3, -0.25) is 4.79 Å². The first-order chi connectivity index (χ1) is 10.1. The Labute approximate surface area is 121 Å². The van der Waals surface area contributed by atoms with E-state index in [-0.39, 0.29) is 22.8 Å². The lowest BCUT2D eigenvalue weighted by molar-refractivity contribution is -0.110. The zero-order chi connectivity index (χ0) is 15.2. The Balaban J connectivity index is 2.12. The van der Waals surface area contributed by atoms with Crippen LogP contribution in [-0.2, 0) is 4.79 Å². The monoisotopic (exact) mass is 282 g/mol. The molecule has 0 unspecified atom stereocenters. The van der Waals surface area contributed by atoms with Crippen molar-refractivity contribution in [3.8, 4) is 11.5 Å². The number of ketones is 1. The Morgan fingerprint density at radius 3 is 2.29 bits per heavy atom. The second-order valence-corrected chi connectivity index (χ2v) is 4.37. The first kappa shape index (κ1) is 14.4. The highest BCUT2D eigenvalue weighted by atomic mass is 16.3. The summed E-state index contributed by atoms with van der Waals surface area (Å²) in [5.41, 5.74) is 0.945. The maximum Gasteiger partial charge on any atom is 0.182 e. The summed E-state index contributed by atoms with van der Waals surface area (Å²) in [5.74, 6) is -0.658. The number of carbonyl (C=O) groups is 1. The Hall–Kier alpha value is -3.01. The Bertz CT molecular complexity index is 697. The molecule has 0 radical (unpaired) electrons. The normalized spacial score (nSPS) is 11.7. The van der Waals surface area contributed by atoms with E-state index in [1.807, 2.05) is 0 Å². The molecule has 0 aliphatic rings. The maximum absolute atomic E-state index is 11.7. The molecule has 0 aliphatic carbocycles. The summed E-state index contributed by atoms with van der Waals surface area (Å²) < 4.78 is 0. The molecule has 2 aromatic carbocycles. The number of phenols is 2. The fourth-order valence-corrected chi connectivity index (χ4v) is 1.71. The summed E-state index contributed by atoms with van der Waals surface area (Å²) in [6.45, 7) is 0. The molecule has 21 heavy (non-hydrogen) atoms. The third-order valence-electron chi connectivity index (χ3n) is 2.79. The predicted octanol–water partition coefficient (Wildman–Crippen LogP) is 3.28. The van der Waals surface area contributed by atoms with Crippen molar-refractivity contribution in [2.75, 3.05) is 0 Å². The highest BCUT2D eigenvalue weighted by Gasteiger charge is 2.05. The molecule has 4 nitrogen and oxygen atoms in total. The Morgan fingerprint density at radius 1 is 0.952 bits per heavy atom. The maximum atomic E-state index is 11.7. The number of aliphatic hydroxyl groups excluding tert-OH is 1. The lowest BCUT2D eigenvalue weighted by Crippen LogP contribution is -1.91. The first-order valence-electron chi connectivity index (χ1n) is 6.26. The summed E-state index contributed by atoms with van der Waals surface area (Å²) in [6, 6.07) is 12.6. The van der Waals surface area contributed by atoms with Crippen LogP contribution in [0.4, 0.5) is 0 Å². The smallest absolute Gasteiger partial charge is 0.182 e. The second-order valence-electron chi connectivity index (χ2n) is 4.37. The van der Waals surface area contributed by atoms with Crippen LogP contribution in [0.2, 0.25) is 0 Å². The van der Waals surface area contributed by atoms with Crippen LogP contribution >= 0.6 is 0 Å². The van der Waals surface area contributed by atoms with Crippen LogP contribution in [0, 0.1) is 0 Å². The highest BCUT2D eigenvalue weighted by molar-refractivity contribution is 6.05. The molecule has 0 atom stereocenters. The summed E-state index contributed by atoms with van der Waals surface area (Å²) in [4.78, 5) is 11.7. The van der Waals surface area contributed by atoms with Crippen LogP contribution in [0.1, 0.15) is 11.1 Å². The molecular weight excluding hydrogens is 268 g/mol. The third kappa shape index (κ3) is 3.98. The van der Waals surface area contributed by atoms with Crippen LogP contribution < -0.4 is 0 Å². The van der Waals surface area contributed by atoms with E-state index < -0.39 is 5.78 Å². The van der Waals surface area contributed by atoms with Gasteiger partial charge in [0.05, 0.1) is 5.56 Å². The number of phenolic OH excluding ortho intramolecular Hbond substituents is 2. The molecule has 4 heteroatoms. The van der Waals surface area contributed by atoms with Gasteiger partial charge >= 0.3 is 0 Å². The number of allylic oxidation sites excluding steroid dienone is 2. The summed E-state index contributed by atoms with van der Waals surface area (Å²) >= 11 is 0. The zero-order valence-corrected chi connectivity index (χ0v) is 11.1. The molecule has 2 aromatic rings. The van der Waals surface area contributed by atoms with Gasteiger partial charge in [-0.1, -0.05) is 30.3 Å².